The summed E-state index contributed by atoms with van der Waals surface area (Å²) in [6.07, 6.45) is 3.16. The number of allylic oxidation sites excluding steroid dienone is 2. The Morgan fingerprint density at radius 3 is 2.36 bits per heavy atom. The molecule has 0 unspecified atom stereocenters. The summed E-state index contributed by atoms with van der Waals surface area (Å²) in [5.41, 5.74) is 6.57. The topological polar surface area (TPSA) is 34.0 Å². The minimum atomic E-state index is 0.218. The van der Waals surface area contributed by atoms with Crippen molar-refractivity contribution in [3.05, 3.63) is 35.3 Å². The monoisotopic (exact) mass is 190 g/mol. The maximum atomic E-state index is 11.0. The van der Waals surface area contributed by atoms with Crippen LogP contribution in [0, 0.1) is 13.8 Å². The first-order chi connectivity index (χ1) is 6.66. The van der Waals surface area contributed by atoms with Gasteiger partial charge in [0.15, 0.2) is 5.78 Å². The van der Waals surface area contributed by atoms with Gasteiger partial charge in [0.1, 0.15) is 0 Å². The zero-order valence-corrected chi connectivity index (χ0v) is 8.50. The van der Waals surface area contributed by atoms with Crippen LogP contribution in [0.25, 0.3) is 0 Å². The second-order valence-corrected chi connectivity index (χ2v) is 3.70. The average molecular weight is 190 g/mol. The minimum absolute atomic E-state index is 0.218. The molecule has 3 nitrogen and oxygen atoms in total. The van der Waals surface area contributed by atoms with E-state index in [-0.39, 0.29) is 5.78 Å². The van der Waals surface area contributed by atoms with Crippen molar-refractivity contribution >= 4 is 5.78 Å². The molecular weight excluding hydrogens is 176 g/mol. The van der Waals surface area contributed by atoms with E-state index in [0.29, 0.717) is 6.42 Å². The molecule has 0 fully saturated rings. The molecule has 0 spiro atoms. The van der Waals surface area contributed by atoms with E-state index in [2.05, 4.69) is 17.6 Å². The first-order valence-corrected chi connectivity index (χ1v) is 4.82. The van der Waals surface area contributed by atoms with Gasteiger partial charge in [0.25, 0.3) is 0 Å². The zero-order chi connectivity index (χ0) is 10.1. The van der Waals surface area contributed by atoms with Crippen LogP contribution in [0.3, 0.4) is 0 Å². The Kier molecular flexibility index (Phi) is 2.15. The number of carbonyl (C=O) groups excluding carboxylic acids is 1. The molecule has 0 saturated carbocycles. The van der Waals surface area contributed by atoms with Gasteiger partial charge in [-0.1, -0.05) is 0 Å². The predicted octanol–water partition coefficient (Wildman–Crippen LogP) is 1.90. The summed E-state index contributed by atoms with van der Waals surface area (Å²) in [4.78, 5) is 11.0. The molecule has 1 aromatic rings. The summed E-state index contributed by atoms with van der Waals surface area (Å²) in [6.45, 7) is 4.08. The fourth-order valence-electron chi connectivity index (χ4n) is 1.67. The number of aryl methyl sites for hydroxylation is 2. The fourth-order valence-corrected chi connectivity index (χ4v) is 1.67. The Hall–Kier alpha value is -1.51. The van der Waals surface area contributed by atoms with E-state index in [4.69, 9.17) is 0 Å². The van der Waals surface area contributed by atoms with Gasteiger partial charge in [-0.2, -0.15) is 0 Å². The Labute approximate surface area is 83.4 Å². The SMILES string of the molecule is Cc1ccc(C)n1NC1=CC(=O)CC1. The molecule has 1 N–H and O–H groups in total. The molecule has 0 atom stereocenters. The summed E-state index contributed by atoms with van der Waals surface area (Å²) >= 11 is 0. The number of ketones is 1. The highest BCUT2D eigenvalue weighted by atomic mass is 16.1. The second kappa shape index (κ2) is 3.33. The lowest BCUT2D eigenvalue weighted by atomic mass is 10.3. The van der Waals surface area contributed by atoms with Crippen LogP contribution in [0.5, 0.6) is 0 Å². The van der Waals surface area contributed by atoms with Crippen molar-refractivity contribution in [1.29, 1.82) is 0 Å². The van der Waals surface area contributed by atoms with Crippen LogP contribution in [0.1, 0.15) is 24.2 Å². The third-order valence-electron chi connectivity index (χ3n) is 2.50. The predicted molar refractivity (Wildman–Crippen MR) is 55.6 cm³/mol. The number of rotatable bonds is 2. The molecule has 14 heavy (non-hydrogen) atoms. The van der Waals surface area contributed by atoms with Crippen LogP contribution < -0.4 is 5.43 Å². The standard InChI is InChI=1S/C11H14N2O/c1-8-3-4-9(2)13(8)12-10-5-6-11(14)7-10/h3-4,7,12H,5-6H2,1-2H3. The fraction of sp³-hybridized carbons (Fsp3) is 0.364. The van der Waals surface area contributed by atoms with Gasteiger partial charge in [-0.25, -0.2) is 0 Å². The van der Waals surface area contributed by atoms with Crippen LogP contribution >= 0.6 is 0 Å². The van der Waals surface area contributed by atoms with Crippen molar-refractivity contribution in [3.8, 4) is 0 Å². The van der Waals surface area contributed by atoms with Crippen molar-refractivity contribution < 1.29 is 4.79 Å². The highest BCUT2D eigenvalue weighted by Crippen LogP contribution is 2.15. The molecule has 1 heterocycles. The maximum absolute atomic E-state index is 11.0. The quantitative estimate of drug-likeness (QED) is 0.772. The minimum Gasteiger partial charge on any atom is -0.298 e. The van der Waals surface area contributed by atoms with E-state index in [9.17, 15) is 4.79 Å². The van der Waals surface area contributed by atoms with Gasteiger partial charge in [0.05, 0.1) is 0 Å². The molecule has 0 saturated heterocycles. The van der Waals surface area contributed by atoms with Gasteiger partial charge in [0.2, 0.25) is 0 Å². The van der Waals surface area contributed by atoms with E-state index in [1.165, 1.54) is 0 Å². The van der Waals surface area contributed by atoms with E-state index >= 15 is 0 Å². The van der Waals surface area contributed by atoms with Gasteiger partial charge in [-0.3, -0.25) is 14.9 Å². The Bertz CT molecular complexity index is 382. The average Bonchev–Trinajstić information content (AvgIpc) is 2.67. The number of hydrogen-bond acceptors (Lipinski definition) is 2. The number of carbonyl (C=O) groups is 1. The smallest absolute Gasteiger partial charge is 0.157 e. The van der Waals surface area contributed by atoms with E-state index in [0.717, 1.165) is 23.5 Å². The first kappa shape index (κ1) is 9.06. The second-order valence-electron chi connectivity index (χ2n) is 3.70. The number of aromatic nitrogens is 1. The van der Waals surface area contributed by atoms with E-state index in [1.54, 1.807) is 6.08 Å². The van der Waals surface area contributed by atoms with Gasteiger partial charge < -0.3 is 0 Å². The van der Waals surface area contributed by atoms with Gasteiger partial charge in [-0.15, -0.1) is 0 Å². The summed E-state index contributed by atoms with van der Waals surface area (Å²) in [6, 6.07) is 4.11. The van der Waals surface area contributed by atoms with Crippen LogP contribution in [-0.4, -0.2) is 10.5 Å². The molecule has 1 aliphatic rings. The third-order valence-corrected chi connectivity index (χ3v) is 2.50. The number of hydrogen-bond donors (Lipinski definition) is 1. The largest absolute Gasteiger partial charge is 0.298 e. The summed E-state index contributed by atoms with van der Waals surface area (Å²) in [5, 5.41) is 0. The highest BCUT2D eigenvalue weighted by Gasteiger charge is 2.12. The van der Waals surface area contributed by atoms with Gasteiger partial charge in [-0.05, 0) is 32.4 Å². The van der Waals surface area contributed by atoms with Crippen molar-refractivity contribution in [2.45, 2.75) is 26.7 Å². The molecule has 1 aromatic heterocycles. The first-order valence-electron chi connectivity index (χ1n) is 4.82. The summed E-state index contributed by atoms with van der Waals surface area (Å²) < 4.78 is 2.00. The van der Waals surface area contributed by atoms with Gasteiger partial charge in [0, 0.05) is 29.6 Å². The lowest BCUT2D eigenvalue weighted by Crippen LogP contribution is -2.15. The normalized spacial score (nSPS) is 15.9. The Morgan fingerprint density at radius 2 is 1.86 bits per heavy atom. The number of nitrogens with one attached hydrogen (secondary N) is 1. The van der Waals surface area contributed by atoms with Crippen molar-refractivity contribution in [3.63, 3.8) is 0 Å². The molecule has 0 aliphatic heterocycles. The van der Waals surface area contributed by atoms with Crippen LogP contribution in [0.15, 0.2) is 23.9 Å². The molecule has 0 radical (unpaired) electrons. The Morgan fingerprint density at radius 1 is 1.21 bits per heavy atom. The van der Waals surface area contributed by atoms with Crippen molar-refractivity contribution in [2.75, 3.05) is 5.43 Å². The number of nitrogens with zero attached hydrogens (tertiary/aromatic N) is 1. The third kappa shape index (κ3) is 1.58. The maximum Gasteiger partial charge on any atom is 0.157 e. The molecule has 2 rings (SSSR count). The van der Waals surface area contributed by atoms with Crippen LogP contribution in [-0.2, 0) is 4.79 Å². The molecular formula is C11H14N2O. The molecule has 74 valence electrons. The van der Waals surface area contributed by atoms with Crippen molar-refractivity contribution in [2.24, 2.45) is 0 Å². The molecule has 1 aliphatic carbocycles. The highest BCUT2D eigenvalue weighted by molar-refractivity contribution is 5.93. The van der Waals surface area contributed by atoms with Gasteiger partial charge >= 0.3 is 0 Å². The molecule has 0 bridgehead atoms. The lowest BCUT2D eigenvalue weighted by molar-refractivity contribution is -0.114. The van der Waals surface area contributed by atoms with Crippen molar-refractivity contribution in [1.82, 2.24) is 4.68 Å². The molecule has 0 amide bonds. The molecule has 3 heteroatoms. The van der Waals surface area contributed by atoms with Crippen LogP contribution in [0.2, 0.25) is 0 Å². The summed E-state index contributed by atoms with van der Waals surface area (Å²) in [7, 11) is 0. The summed E-state index contributed by atoms with van der Waals surface area (Å²) in [5.74, 6) is 0.218. The van der Waals surface area contributed by atoms with E-state index < -0.39 is 0 Å². The van der Waals surface area contributed by atoms with Crippen LogP contribution in [0.4, 0.5) is 0 Å². The molecule has 0 aromatic carbocycles. The lowest BCUT2D eigenvalue weighted by Gasteiger charge is -2.12. The zero-order valence-electron chi connectivity index (χ0n) is 8.50. The Balaban J connectivity index is 2.19. The van der Waals surface area contributed by atoms with E-state index in [1.807, 2.05) is 18.5 Å².